The molecule has 1 N–H and O–H groups in total. The molecule has 15 heavy (non-hydrogen) atoms. The van der Waals surface area contributed by atoms with Gasteiger partial charge in [0, 0.05) is 6.61 Å². The van der Waals surface area contributed by atoms with E-state index in [1.807, 2.05) is 24.3 Å². The van der Waals surface area contributed by atoms with Gasteiger partial charge in [0.25, 0.3) is 0 Å². The van der Waals surface area contributed by atoms with Crippen LogP contribution in [0.5, 0.6) is 5.75 Å². The molecule has 1 heterocycles. The summed E-state index contributed by atoms with van der Waals surface area (Å²) in [6, 6.07) is 7.99. The predicted octanol–water partition coefficient (Wildman–Crippen LogP) is 1.39. The summed E-state index contributed by atoms with van der Waals surface area (Å²) in [5.41, 5.74) is 1.17. The molecule has 0 radical (unpaired) electrons. The molecule has 1 aliphatic heterocycles. The summed E-state index contributed by atoms with van der Waals surface area (Å²) in [6.07, 6.45) is 1.85. The molecule has 1 fully saturated rings. The van der Waals surface area contributed by atoms with Crippen molar-refractivity contribution < 1.29 is 14.6 Å². The lowest BCUT2D eigenvalue weighted by molar-refractivity contribution is -0.0800. The van der Waals surface area contributed by atoms with Crippen LogP contribution in [-0.4, -0.2) is 31.0 Å². The van der Waals surface area contributed by atoms with Crippen LogP contribution in [0.3, 0.4) is 0 Å². The first-order chi connectivity index (χ1) is 7.40. The molecule has 0 amide bonds. The normalized spacial score (nSPS) is 16.1. The van der Waals surface area contributed by atoms with E-state index in [2.05, 4.69) is 0 Å². The Morgan fingerprint density at radius 1 is 1.33 bits per heavy atom. The molecule has 3 heteroatoms. The first-order valence-corrected chi connectivity index (χ1v) is 5.33. The minimum absolute atomic E-state index is 0.209. The van der Waals surface area contributed by atoms with Gasteiger partial charge in [0.1, 0.15) is 11.9 Å². The van der Waals surface area contributed by atoms with Crippen molar-refractivity contribution in [3.05, 3.63) is 29.8 Å². The van der Waals surface area contributed by atoms with E-state index in [0.29, 0.717) is 13.2 Å². The summed E-state index contributed by atoms with van der Waals surface area (Å²) < 4.78 is 10.8. The van der Waals surface area contributed by atoms with Crippen molar-refractivity contribution in [2.24, 2.45) is 0 Å². The topological polar surface area (TPSA) is 38.7 Å². The van der Waals surface area contributed by atoms with Gasteiger partial charge in [0.15, 0.2) is 0 Å². The fourth-order valence-electron chi connectivity index (χ4n) is 1.56. The number of aliphatic hydroxyl groups is 1. The van der Waals surface area contributed by atoms with Crippen LogP contribution in [-0.2, 0) is 11.2 Å². The van der Waals surface area contributed by atoms with Crippen molar-refractivity contribution in [3.8, 4) is 5.75 Å². The maximum absolute atomic E-state index is 8.80. The van der Waals surface area contributed by atoms with Crippen molar-refractivity contribution in [1.29, 1.82) is 0 Å². The molecular weight excluding hydrogens is 192 g/mol. The first kappa shape index (κ1) is 10.5. The maximum Gasteiger partial charge on any atom is 0.145 e. The Hall–Kier alpha value is -1.06. The van der Waals surface area contributed by atoms with Crippen LogP contribution in [0.1, 0.15) is 12.0 Å². The second-order valence-corrected chi connectivity index (χ2v) is 3.71. The van der Waals surface area contributed by atoms with E-state index in [1.165, 1.54) is 5.56 Å². The molecule has 0 bridgehead atoms. The summed E-state index contributed by atoms with van der Waals surface area (Å²) in [5.74, 6) is 0.930. The fourth-order valence-corrected chi connectivity index (χ4v) is 1.56. The Balaban J connectivity index is 1.99. The van der Waals surface area contributed by atoms with Gasteiger partial charge in [-0.15, -0.1) is 0 Å². The number of rotatable bonds is 5. The average Bonchev–Trinajstić information content (AvgIpc) is 2.22. The first-order valence-electron chi connectivity index (χ1n) is 5.33. The highest BCUT2D eigenvalue weighted by atomic mass is 16.6. The van der Waals surface area contributed by atoms with Gasteiger partial charge in [0.05, 0.1) is 13.2 Å². The molecule has 1 aromatic rings. The molecule has 1 aliphatic rings. The monoisotopic (exact) mass is 208 g/mol. The molecule has 0 unspecified atom stereocenters. The van der Waals surface area contributed by atoms with Gasteiger partial charge in [-0.3, -0.25) is 0 Å². The van der Waals surface area contributed by atoms with E-state index in [4.69, 9.17) is 14.6 Å². The molecule has 0 spiro atoms. The summed E-state index contributed by atoms with van der Waals surface area (Å²) >= 11 is 0. The van der Waals surface area contributed by atoms with E-state index in [0.717, 1.165) is 18.6 Å². The van der Waals surface area contributed by atoms with Gasteiger partial charge in [-0.1, -0.05) is 18.2 Å². The Labute approximate surface area is 89.6 Å². The van der Waals surface area contributed by atoms with Gasteiger partial charge in [0.2, 0.25) is 0 Å². The van der Waals surface area contributed by atoms with E-state index in [1.54, 1.807) is 0 Å². The van der Waals surface area contributed by atoms with Crippen LogP contribution < -0.4 is 4.74 Å². The minimum atomic E-state index is 0.209. The van der Waals surface area contributed by atoms with Crippen LogP contribution in [0, 0.1) is 0 Å². The maximum atomic E-state index is 8.80. The highest BCUT2D eigenvalue weighted by molar-refractivity contribution is 5.33. The van der Waals surface area contributed by atoms with Crippen molar-refractivity contribution in [2.75, 3.05) is 19.8 Å². The van der Waals surface area contributed by atoms with Crippen LogP contribution in [0.2, 0.25) is 0 Å². The van der Waals surface area contributed by atoms with Crippen molar-refractivity contribution in [3.63, 3.8) is 0 Å². The Bertz CT molecular complexity index is 307. The largest absolute Gasteiger partial charge is 0.485 e. The number of benzene rings is 1. The molecule has 1 saturated heterocycles. The number of aryl methyl sites for hydroxylation is 1. The summed E-state index contributed by atoms with van der Waals surface area (Å²) in [5, 5.41) is 8.80. The molecule has 82 valence electrons. The lowest BCUT2D eigenvalue weighted by atomic mass is 10.1. The Kier molecular flexibility index (Phi) is 3.59. The SMILES string of the molecule is OCCCc1ccccc1OC1COC1. The number of aliphatic hydroxyl groups excluding tert-OH is 1. The van der Waals surface area contributed by atoms with E-state index in [9.17, 15) is 0 Å². The summed E-state index contributed by atoms with van der Waals surface area (Å²) in [6.45, 7) is 1.60. The number of ether oxygens (including phenoxy) is 2. The molecule has 1 aromatic carbocycles. The van der Waals surface area contributed by atoms with Crippen molar-refractivity contribution >= 4 is 0 Å². The zero-order valence-corrected chi connectivity index (χ0v) is 8.69. The minimum Gasteiger partial charge on any atom is -0.485 e. The average molecular weight is 208 g/mol. The third kappa shape index (κ3) is 2.70. The zero-order chi connectivity index (χ0) is 10.5. The molecular formula is C12H16O3. The number of para-hydroxylation sites is 1. The van der Waals surface area contributed by atoms with Crippen LogP contribution in [0.15, 0.2) is 24.3 Å². The van der Waals surface area contributed by atoms with Gasteiger partial charge >= 0.3 is 0 Å². The highest BCUT2D eigenvalue weighted by Crippen LogP contribution is 2.22. The van der Waals surface area contributed by atoms with Crippen LogP contribution in [0.4, 0.5) is 0 Å². The van der Waals surface area contributed by atoms with E-state index < -0.39 is 0 Å². The van der Waals surface area contributed by atoms with E-state index >= 15 is 0 Å². The quantitative estimate of drug-likeness (QED) is 0.794. The summed E-state index contributed by atoms with van der Waals surface area (Å²) in [7, 11) is 0. The third-order valence-corrected chi connectivity index (χ3v) is 2.48. The highest BCUT2D eigenvalue weighted by Gasteiger charge is 2.20. The Morgan fingerprint density at radius 2 is 2.13 bits per heavy atom. The molecule has 0 aliphatic carbocycles. The van der Waals surface area contributed by atoms with Gasteiger partial charge in [-0.25, -0.2) is 0 Å². The second kappa shape index (κ2) is 5.14. The van der Waals surface area contributed by atoms with Crippen molar-refractivity contribution in [2.45, 2.75) is 18.9 Å². The standard InChI is InChI=1S/C12H16O3/c13-7-3-5-10-4-1-2-6-12(10)15-11-8-14-9-11/h1-2,4,6,11,13H,3,5,7-9H2. The van der Waals surface area contributed by atoms with E-state index in [-0.39, 0.29) is 12.7 Å². The fraction of sp³-hybridized carbons (Fsp3) is 0.500. The van der Waals surface area contributed by atoms with Crippen LogP contribution >= 0.6 is 0 Å². The molecule has 0 aromatic heterocycles. The lowest BCUT2D eigenvalue weighted by Gasteiger charge is -2.27. The Morgan fingerprint density at radius 3 is 2.80 bits per heavy atom. The van der Waals surface area contributed by atoms with Crippen molar-refractivity contribution in [1.82, 2.24) is 0 Å². The van der Waals surface area contributed by atoms with Gasteiger partial charge < -0.3 is 14.6 Å². The molecule has 0 atom stereocenters. The lowest BCUT2D eigenvalue weighted by Crippen LogP contribution is -2.38. The predicted molar refractivity (Wildman–Crippen MR) is 57.1 cm³/mol. The molecule has 3 nitrogen and oxygen atoms in total. The zero-order valence-electron chi connectivity index (χ0n) is 8.69. The number of hydrogen-bond acceptors (Lipinski definition) is 3. The second-order valence-electron chi connectivity index (χ2n) is 3.71. The van der Waals surface area contributed by atoms with Gasteiger partial charge in [-0.05, 0) is 24.5 Å². The van der Waals surface area contributed by atoms with Crippen LogP contribution in [0.25, 0.3) is 0 Å². The summed E-state index contributed by atoms with van der Waals surface area (Å²) in [4.78, 5) is 0. The van der Waals surface area contributed by atoms with Gasteiger partial charge in [-0.2, -0.15) is 0 Å². The third-order valence-electron chi connectivity index (χ3n) is 2.48. The molecule has 2 rings (SSSR count). The smallest absolute Gasteiger partial charge is 0.145 e. The number of hydrogen-bond donors (Lipinski definition) is 1. The molecule has 0 saturated carbocycles.